The second-order valence-electron chi connectivity index (χ2n) is 7.94. The van der Waals surface area contributed by atoms with Crippen molar-refractivity contribution in [1.29, 1.82) is 0 Å². The summed E-state index contributed by atoms with van der Waals surface area (Å²) in [6.07, 6.45) is 12.8. The number of hydrogen-bond donors (Lipinski definition) is 0. The van der Waals surface area contributed by atoms with Gasteiger partial charge in [0, 0.05) is 55.7 Å². The molecular formula is C22H26N4O. The maximum Gasteiger partial charge on any atom is 0.129 e. The van der Waals surface area contributed by atoms with Crippen LogP contribution in [0.2, 0.25) is 0 Å². The van der Waals surface area contributed by atoms with Gasteiger partial charge >= 0.3 is 0 Å². The summed E-state index contributed by atoms with van der Waals surface area (Å²) in [5.41, 5.74) is 2.49. The number of hydrogen-bond acceptors (Lipinski definition) is 4. The van der Waals surface area contributed by atoms with Crippen molar-refractivity contribution >= 4 is 10.9 Å². The monoisotopic (exact) mass is 362 g/mol. The molecule has 0 amide bonds. The van der Waals surface area contributed by atoms with E-state index in [0.29, 0.717) is 6.10 Å². The lowest BCUT2D eigenvalue weighted by molar-refractivity contribution is 0.0979. The highest BCUT2D eigenvalue weighted by atomic mass is 16.5. The van der Waals surface area contributed by atoms with Gasteiger partial charge < -0.3 is 9.30 Å². The molecule has 0 spiro atoms. The summed E-state index contributed by atoms with van der Waals surface area (Å²) < 4.78 is 8.83. The summed E-state index contributed by atoms with van der Waals surface area (Å²) in [6.45, 7) is 4.18. The highest BCUT2D eigenvalue weighted by Crippen LogP contribution is 2.34. The van der Waals surface area contributed by atoms with Crippen molar-refractivity contribution in [2.24, 2.45) is 5.92 Å². The van der Waals surface area contributed by atoms with Gasteiger partial charge in [0.25, 0.3) is 0 Å². The van der Waals surface area contributed by atoms with Crippen LogP contribution in [0.5, 0.6) is 5.75 Å². The molecule has 1 saturated carbocycles. The fourth-order valence-electron chi connectivity index (χ4n) is 4.07. The van der Waals surface area contributed by atoms with Crippen LogP contribution in [0.15, 0.2) is 49.2 Å². The normalized spacial score (nSPS) is 18.8. The van der Waals surface area contributed by atoms with Crippen molar-refractivity contribution in [2.75, 3.05) is 13.1 Å². The molecule has 0 radical (unpaired) electrons. The zero-order chi connectivity index (χ0) is 18.1. The molecule has 1 aliphatic carbocycles. The molecule has 1 saturated heterocycles. The van der Waals surface area contributed by atoms with E-state index in [9.17, 15) is 0 Å². The number of rotatable bonds is 6. The Kier molecular flexibility index (Phi) is 4.54. The fraction of sp³-hybridized carbons (Fsp3) is 0.455. The molecule has 2 aromatic heterocycles. The van der Waals surface area contributed by atoms with Crippen molar-refractivity contribution in [3.63, 3.8) is 0 Å². The van der Waals surface area contributed by atoms with E-state index in [0.717, 1.165) is 50.7 Å². The molecule has 5 heteroatoms. The molecule has 0 atom stereocenters. The standard InChI is InChI=1S/C22H26N4O/c1-2-21-20(8-11-26(21)15-17-4-5-17)22(3-1)27-19-6-9-25(10-7-19)14-18-12-23-16-24-13-18/h1-3,8,11-13,16-17,19H,4-7,9-10,14-15H2. The van der Waals surface area contributed by atoms with Crippen LogP contribution < -0.4 is 4.74 Å². The fourth-order valence-corrected chi connectivity index (χ4v) is 4.07. The number of nitrogens with zero attached hydrogens (tertiary/aromatic N) is 4. The predicted molar refractivity (Wildman–Crippen MR) is 106 cm³/mol. The molecule has 27 heavy (non-hydrogen) atoms. The summed E-state index contributed by atoms with van der Waals surface area (Å²) in [4.78, 5) is 10.7. The summed E-state index contributed by atoms with van der Waals surface area (Å²) in [7, 11) is 0. The highest BCUT2D eigenvalue weighted by Gasteiger charge is 2.24. The van der Waals surface area contributed by atoms with Crippen molar-refractivity contribution in [3.8, 4) is 5.75 Å². The third-order valence-electron chi connectivity index (χ3n) is 5.77. The Labute approximate surface area is 160 Å². The Morgan fingerprint density at radius 2 is 1.81 bits per heavy atom. The largest absolute Gasteiger partial charge is 0.490 e. The molecule has 3 heterocycles. The minimum atomic E-state index is 0.297. The Balaban J connectivity index is 1.22. The van der Waals surface area contributed by atoms with Gasteiger partial charge in [-0.1, -0.05) is 6.07 Å². The van der Waals surface area contributed by atoms with E-state index in [2.05, 4.69) is 49.9 Å². The van der Waals surface area contributed by atoms with Gasteiger partial charge in [0.1, 0.15) is 18.2 Å². The lowest BCUT2D eigenvalue weighted by Gasteiger charge is -2.32. The van der Waals surface area contributed by atoms with Crippen LogP contribution in [-0.2, 0) is 13.1 Å². The van der Waals surface area contributed by atoms with E-state index in [1.165, 1.54) is 29.3 Å². The van der Waals surface area contributed by atoms with Crippen LogP contribution in [0.25, 0.3) is 10.9 Å². The number of piperidine rings is 1. The second kappa shape index (κ2) is 7.31. The number of likely N-dealkylation sites (tertiary alicyclic amines) is 1. The SMILES string of the molecule is c1cc(OC2CCN(Cc3cncnc3)CC2)c2ccn(CC3CC3)c2c1. The third kappa shape index (κ3) is 3.83. The third-order valence-corrected chi connectivity index (χ3v) is 5.77. The Bertz CT molecular complexity index is 895. The summed E-state index contributed by atoms with van der Waals surface area (Å²) in [5, 5.41) is 1.25. The van der Waals surface area contributed by atoms with Crippen LogP contribution in [0.3, 0.4) is 0 Å². The van der Waals surface area contributed by atoms with Gasteiger partial charge in [-0.25, -0.2) is 9.97 Å². The molecule has 0 unspecified atom stereocenters. The average Bonchev–Trinajstić information content (AvgIpc) is 3.43. The van der Waals surface area contributed by atoms with Crippen LogP contribution in [0.4, 0.5) is 0 Å². The average molecular weight is 362 g/mol. The molecular weight excluding hydrogens is 336 g/mol. The van der Waals surface area contributed by atoms with Gasteiger partial charge in [0.2, 0.25) is 0 Å². The minimum Gasteiger partial charge on any atom is -0.490 e. The molecule has 0 N–H and O–H groups in total. The first-order valence-electron chi connectivity index (χ1n) is 10.1. The molecule has 2 fully saturated rings. The van der Waals surface area contributed by atoms with Crippen LogP contribution >= 0.6 is 0 Å². The molecule has 5 rings (SSSR count). The lowest BCUT2D eigenvalue weighted by atomic mass is 10.1. The lowest BCUT2D eigenvalue weighted by Crippen LogP contribution is -2.37. The molecule has 140 valence electrons. The predicted octanol–water partition coefficient (Wildman–Crippen LogP) is 3.88. The van der Waals surface area contributed by atoms with Crippen molar-refractivity contribution in [1.82, 2.24) is 19.4 Å². The van der Waals surface area contributed by atoms with E-state index < -0.39 is 0 Å². The zero-order valence-corrected chi connectivity index (χ0v) is 15.6. The van der Waals surface area contributed by atoms with Gasteiger partial charge in [-0.05, 0) is 49.8 Å². The quantitative estimate of drug-likeness (QED) is 0.667. The van der Waals surface area contributed by atoms with Crippen molar-refractivity contribution in [3.05, 3.63) is 54.7 Å². The maximum atomic E-state index is 6.44. The van der Waals surface area contributed by atoms with Gasteiger partial charge in [0.05, 0.1) is 5.52 Å². The number of benzene rings is 1. The summed E-state index contributed by atoms with van der Waals surface area (Å²) in [6, 6.07) is 8.69. The first-order chi connectivity index (χ1) is 13.3. The van der Waals surface area contributed by atoms with E-state index in [-0.39, 0.29) is 0 Å². The smallest absolute Gasteiger partial charge is 0.129 e. The number of aromatic nitrogens is 3. The Hall–Kier alpha value is -2.40. The minimum absolute atomic E-state index is 0.297. The molecule has 2 aliphatic rings. The van der Waals surface area contributed by atoms with E-state index >= 15 is 0 Å². The molecule has 3 aromatic rings. The number of fused-ring (bicyclic) bond motifs is 1. The van der Waals surface area contributed by atoms with Gasteiger partial charge in [-0.2, -0.15) is 0 Å². The number of ether oxygens (including phenoxy) is 1. The zero-order valence-electron chi connectivity index (χ0n) is 15.6. The molecule has 1 aromatic carbocycles. The highest BCUT2D eigenvalue weighted by molar-refractivity contribution is 5.86. The van der Waals surface area contributed by atoms with Crippen LogP contribution in [-0.4, -0.2) is 38.6 Å². The van der Waals surface area contributed by atoms with E-state index in [1.807, 2.05) is 12.4 Å². The van der Waals surface area contributed by atoms with Crippen molar-refractivity contribution < 1.29 is 4.74 Å². The first kappa shape index (κ1) is 16.8. The molecule has 0 bridgehead atoms. The molecule has 5 nitrogen and oxygen atoms in total. The van der Waals surface area contributed by atoms with Gasteiger partial charge in [-0.15, -0.1) is 0 Å². The summed E-state index contributed by atoms with van der Waals surface area (Å²) >= 11 is 0. The van der Waals surface area contributed by atoms with E-state index in [1.54, 1.807) is 6.33 Å². The second-order valence-corrected chi connectivity index (χ2v) is 7.94. The topological polar surface area (TPSA) is 43.2 Å². The first-order valence-corrected chi connectivity index (χ1v) is 10.1. The van der Waals surface area contributed by atoms with E-state index in [4.69, 9.17) is 4.74 Å². The Morgan fingerprint density at radius 1 is 1.00 bits per heavy atom. The van der Waals surface area contributed by atoms with Crippen molar-refractivity contribution in [2.45, 2.75) is 44.9 Å². The molecule has 1 aliphatic heterocycles. The summed E-state index contributed by atoms with van der Waals surface area (Å²) in [5.74, 6) is 1.92. The van der Waals surface area contributed by atoms with Gasteiger partial charge in [0.15, 0.2) is 0 Å². The van der Waals surface area contributed by atoms with Gasteiger partial charge in [-0.3, -0.25) is 4.90 Å². The van der Waals surface area contributed by atoms with Crippen LogP contribution in [0, 0.1) is 5.92 Å². The maximum absolute atomic E-state index is 6.44. The Morgan fingerprint density at radius 3 is 2.59 bits per heavy atom. The van der Waals surface area contributed by atoms with Crippen LogP contribution in [0.1, 0.15) is 31.2 Å².